The molecule has 0 amide bonds. The van der Waals surface area contributed by atoms with Crippen molar-refractivity contribution < 1.29 is 18.8 Å². The van der Waals surface area contributed by atoms with Gasteiger partial charge in [-0.25, -0.2) is 0 Å². The smallest absolute Gasteiger partial charge is 0.491 e. The predicted molar refractivity (Wildman–Crippen MR) is 91.4 cm³/mol. The highest BCUT2D eigenvalue weighted by Crippen LogP contribution is 2.37. The van der Waals surface area contributed by atoms with Crippen molar-refractivity contribution in [2.24, 2.45) is 0 Å². The highest BCUT2D eigenvalue weighted by atomic mass is 16.7. The molecule has 2 fully saturated rings. The van der Waals surface area contributed by atoms with Gasteiger partial charge in [0.25, 0.3) is 0 Å². The van der Waals surface area contributed by atoms with Crippen LogP contribution >= 0.6 is 0 Å². The molecule has 4 nitrogen and oxygen atoms in total. The van der Waals surface area contributed by atoms with E-state index in [9.17, 15) is 0 Å². The van der Waals surface area contributed by atoms with E-state index in [4.69, 9.17) is 18.8 Å². The molecule has 2 saturated heterocycles. The molecule has 0 unspecified atom stereocenters. The fourth-order valence-corrected chi connectivity index (χ4v) is 2.88. The zero-order valence-electron chi connectivity index (χ0n) is 14.8. The lowest BCUT2D eigenvalue weighted by Crippen LogP contribution is -2.41. The van der Waals surface area contributed by atoms with Crippen molar-refractivity contribution in [3.63, 3.8) is 0 Å². The van der Waals surface area contributed by atoms with Crippen molar-refractivity contribution >= 4 is 12.6 Å². The van der Waals surface area contributed by atoms with E-state index in [1.807, 2.05) is 0 Å². The van der Waals surface area contributed by atoms with Crippen LogP contribution in [0.3, 0.4) is 0 Å². The summed E-state index contributed by atoms with van der Waals surface area (Å²) in [6, 6.07) is 6.22. The fourth-order valence-electron chi connectivity index (χ4n) is 2.88. The van der Waals surface area contributed by atoms with Gasteiger partial charge in [0.2, 0.25) is 0 Å². The average molecular weight is 318 g/mol. The Morgan fingerprint density at radius 3 is 2.26 bits per heavy atom. The van der Waals surface area contributed by atoms with E-state index >= 15 is 0 Å². The number of rotatable bonds is 3. The zero-order valence-corrected chi connectivity index (χ0v) is 14.8. The van der Waals surface area contributed by atoms with Crippen LogP contribution in [0.1, 0.15) is 46.1 Å². The quantitative estimate of drug-likeness (QED) is 0.803. The van der Waals surface area contributed by atoms with Crippen molar-refractivity contribution in [2.45, 2.75) is 64.8 Å². The first-order valence-corrected chi connectivity index (χ1v) is 8.49. The summed E-state index contributed by atoms with van der Waals surface area (Å²) in [5.41, 5.74) is 1.45. The second kappa shape index (κ2) is 6.12. The van der Waals surface area contributed by atoms with E-state index in [0.717, 1.165) is 37.3 Å². The summed E-state index contributed by atoms with van der Waals surface area (Å²) in [5, 5.41) is 0. The normalized spacial score (nSPS) is 24.0. The summed E-state index contributed by atoms with van der Waals surface area (Å²) in [7, 11) is -0.393. The molecule has 126 valence electrons. The molecule has 1 aromatic rings. The van der Waals surface area contributed by atoms with Gasteiger partial charge in [0, 0.05) is 18.3 Å². The van der Waals surface area contributed by atoms with Crippen LogP contribution in [0, 0.1) is 6.92 Å². The van der Waals surface area contributed by atoms with Gasteiger partial charge in [0.15, 0.2) is 0 Å². The molecule has 0 aromatic heterocycles. The highest BCUT2D eigenvalue weighted by Gasteiger charge is 2.52. The molecule has 2 aliphatic rings. The molecule has 23 heavy (non-hydrogen) atoms. The molecular formula is C18H27BO4. The fraction of sp³-hybridized carbons (Fsp3) is 0.667. The van der Waals surface area contributed by atoms with Crippen LogP contribution in [0.25, 0.3) is 0 Å². The van der Waals surface area contributed by atoms with Crippen LogP contribution < -0.4 is 10.2 Å². The van der Waals surface area contributed by atoms with Gasteiger partial charge in [-0.05, 0) is 46.2 Å². The molecule has 1 aromatic carbocycles. The van der Waals surface area contributed by atoms with Gasteiger partial charge in [-0.15, -0.1) is 0 Å². The minimum absolute atomic E-state index is 0.201. The zero-order chi connectivity index (χ0) is 16.7. The van der Waals surface area contributed by atoms with Crippen molar-refractivity contribution in [2.75, 3.05) is 13.2 Å². The second-order valence-electron chi connectivity index (χ2n) is 7.56. The van der Waals surface area contributed by atoms with Gasteiger partial charge in [0.1, 0.15) is 11.9 Å². The van der Waals surface area contributed by atoms with Crippen molar-refractivity contribution in [1.29, 1.82) is 0 Å². The summed E-state index contributed by atoms with van der Waals surface area (Å²) in [6.07, 6.45) is 2.06. The first-order valence-electron chi connectivity index (χ1n) is 8.49. The van der Waals surface area contributed by atoms with E-state index in [-0.39, 0.29) is 17.3 Å². The SMILES string of the molecule is Cc1ccc(B2OC(C)(C)C(C)(C)O2)c(OC2CCOCC2)c1. The van der Waals surface area contributed by atoms with E-state index in [1.165, 1.54) is 5.56 Å². The van der Waals surface area contributed by atoms with Gasteiger partial charge in [-0.2, -0.15) is 0 Å². The Bertz CT molecular complexity index is 548. The molecular weight excluding hydrogens is 291 g/mol. The monoisotopic (exact) mass is 318 g/mol. The minimum Gasteiger partial charge on any atom is -0.491 e. The Balaban J connectivity index is 1.85. The van der Waals surface area contributed by atoms with Crippen molar-refractivity contribution in [1.82, 2.24) is 0 Å². The van der Waals surface area contributed by atoms with Crippen LogP contribution in [-0.2, 0) is 14.0 Å². The molecule has 2 heterocycles. The minimum atomic E-state index is -0.393. The van der Waals surface area contributed by atoms with Gasteiger partial charge in [-0.1, -0.05) is 12.1 Å². The molecule has 0 N–H and O–H groups in total. The van der Waals surface area contributed by atoms with E-state index in [0.29, 0.717) is 0 Å². The largest absolute Gasteiger partial charge is 0.498 e. The van der Waals surface area contributed by atoms with Gasteiger partial charge < -0.3 is 18.8 Å². The maximum Gasteiger partial charge on any atom is 0.498 e. The van der Waals surface area contributed by atoms with E-state index in [2.05, 4.69) is 52.8 Å². The Kier molecular flexibility index (Phi) is 4.47. The Hall–Kier alpha value is -1.04. The standard InChI is InChI=1S/C18H27BO4/c1-13-6-7-15(19-22-17(2,3)18(4,5)23-19)16(12-13)21-14-8-10-20-11-9-14/h6-7,12,14H,8-11H2,1-5H3. The van der Waals surface area contributed by atoms with Gasteiger partial charge in [0.05, 0.1) is 24.4 Å². The summed E-state index contributed by atoms with van der Waals surface area (Å²) >= 11 is 0. The average Bonchev–Trinajstić information content (AvgIpc) is 2.68. The molecule has 0 radical (unpaired) electrons. The van der Waals surface area contributed by atoms with Gasteiger partial charge in [-0.3, -0.25) is 0 Å². The third-order valence-corrected chi connectivity index (χ3v) is 5.14. The summed E-state index contributed by atoms with van der Waals surface area (Å²) < 4.78 is 24.1. The summed E-state index contributed by atoms with van der Waals surface area (Å²) in [4.78, 5) is 0. The number of benzene rings is 1. The third-order valence-electron chi connectivity index (χ3n) is 5.14. The second-order valence-corrected chi connectivity index (χ2v) is 7.56. The van der Waals surface area contributed by atoms with Crippen LogP contribution in [-0.4, -0.2) is 37.6 Å². The van der Waals surface area contributed by atoms with E-state index < -0.39 is 7.12 Å². The van der Waals surface area contributed by atoms with Crippen LogP contribution in [0.15, 0.2) is 18.2 Å². The first kappa shape index (κ1) is 16.8. The molecule has 0 aliphatic carbocycles. The highest BCUT2D eigenvalue weighted by molar-refractivity contribution is 6.63. The Morgan fingerprint density at radius 2 is 1.65 bits per heavy atom. The van der Waals surface area contributed by atoms with Crippen LogP contribution in [0.2, 0.25) is 0 Å². The molecule has 5 heteroatoms. The molecule has 3 rings (SSSR count). The summed E-state index contributed by atoms with van der Waals surface area (Å²) in [6.45, 7) is 11.9. The lowest BCUT2D eigenvalue weighted by Gasteiger charge is -2.32. The molecule has 0 saturated carbocycles. The molecule has 2 aliphatic heterocycles. The number of aryl methyl sites for hydroxylation is 1. The maximum atomic E-state index is 6.28. The van der Waals surface area contributed by atoms with Crippen molar-refractivity contribution in [3.8, 4) is 5.75 Å². The number of hydrogen-bond acceptors (Lipinski definition) is 4. The lowest BCUT2D eigenvalue weighted by atomic mass is 9.78. The summed E-state index contributed by atoms with van der Waals surface area (Å²) in [5.74, 6) is 0.871. The number of ether oxygens (including phenoxy) is 2. The third kappa shape index (κ3) is 3.42. The topological polar surface area (TPSA) is 36.9 Å². The molecule has 0 spiro atoms. The first-order chi connectivity index (χ1) is 10.8. The van der Waals surface area contributed by atoms with E-state index in [1.54, 1.807) is 0 Å². The van der Waals surface area contributed by atoms with Crippen LogP contribution in [0.4, 0.5) is 0 Å². The van der Waals surface area contributed by atoms with Gasteiger partial charge >= 0.3 is 7.12 Å². The predicted octanol–water partition coefficient (Wildman–Crippen LogP) is 2.85. The number of hydrogen-bond donors (Lipinski definition) is 0. The molecule has 0 bridgehead atoms. The van der Waals surface area contributed by atoms with Crippen molar-refractivity contribution in [3.05, 3.63) is 23.8 Å². The molecule has 0 atom stereocenters. The maximum absolute atomic E-state index is 6.28. The lowest BCUT2D eigenvalue weighted by molar-refractivity contribution is 0.00578. The Labute approximate surface area is 139 Å². The Morgan fingerprint density at radius 1 is 1.04 bits per heavy atom. The van der Waals surface area contributed by atoms with Crippen LogP contribution in [0.5, 0.6) is 5.75 Å².